The van der Waals surface area contributed by atoms with Gasteiger partial charge in [-0.2, -0.15) is 0 Å². The maximum absolute atomic E-state index is 5.24. The SMILES string of the molecule is CC1(C)c2ccccc2-c2cc(-c3nc(-c4ccccc4)nc(-c4cccc5c4sc4cc(-n6c7ccccc7c7cccnc76)ccc45)n3)ccc21. The number of para-hydroxylation sites is 1. The van der Waals surface area contributed by atoms with Gasteiger partial charge in [0, 0.05) is 64.9 Å². The van der Waals surface area contributed by atoms with Crippen molar-refractivity contribution in [3.63, 3.8) is 0 Å². The van der Waals surface area contributed by atoms with Crippen LogP contribution in [0.3, 0.4) is 0 Å². The van der Waals surface area contributed by atoms with Crippen LogP contribution < -0.4 is 0 Å². The Labute approximate surface area is 309 Å². The van der Waals surface area contributed by atoms with Crippen molar-refractivity contribution in [2.75, 3.05) is 0 Å². The van der Waals surface area contributed by atoms with Crippen molar-refractivity contribution >= 4 is 53.4 Å². The molecule has 4 heterocycles. The van der Waals surface area contributed by atoms with Crippen LogP contribution in [0.4, 0.5) is 0 Å². The van der Waals surface area contributed by atoms with E-state index in [1.807, 2.05) is 30.5 Å². The summed E-state index contributed by atoms with van der Waals surface area (Å²) in [5.74, 6) is 1.99. The third kappa shape index (κ3) is 4.49. The summed E-state index contributed by atoms with van der Waals surface area (Å²) in [6.45, 7) is 4.61. The third-order valence-electron chi connectivity index (χ3n) is 10.9. The molecule has 0 saturated carbocycles. The molecule has 1 aliphatic rings. The number of benzene rings is 6. The second kappa shape index (κ2) is 11.2. The molecule has 6 aromatic carbocycles. The molecule has 250 valence electrons. The Balaban J connectivity index is 1.10. The number of rotatable bonds is 4. The Morgan fingerprint density at radius 3 is 2.13 bits per heavy atom. The third-order valence-corrected chi connectivity index (χ3v) is 12.1. The minimum atomic E-state index is -0.0708. The lowest BCUT2D eigenvalue weighted by molar-refractivity contribution is 0.660. The molecule has 0 fully saturated rings. The summed E-state index contributed by atoms with van der Waals surface area (Å²) in [6, 6.07) is 51.6. The normalized spacial score (nSPS) is 13.2. The summed E-state index contributed by atoms with van der Waals surface area (Å²) >= 11 is 1.78. The van der Waals surface area contributed by atoms with Crippen LogP contribution in [-0.2, 0) is 5.41 Å². The fourth-order valence-electron chi connectivity index (χ4n) is 8.36. The largest absolute Gasteiger partial charge is 0.294 e. The molecule has 6 heteroatoms. The molecule has 0 radical (unpaired) electrons. The Kier molecular flexibility index (Phi) is 6.40. The highest BCUT2D eigenvalue weighted by Crippen LogP contribution is 2.49. The first-order valence-electron chi connectivity index (χ1n) is 17.9. The molecule has 4 aromatic heterocycles. The van der Waals surface area contributed by atoms with Crippen LogP contribution in [0.25, 0.3) is 93.1 Å². The Bertz CT molecular complexity index is 3050. The zero-order chi connectivity index (χ0) is 35.3. The highest BCUT2D eigenvalue weighted by molar-refractivity contribution is 7.26. The lowest BCUT2D eigenvalue weighted by atomic mass is 9.82. The van der Waals surface area contributed by atoms with Crippen LogP contribution in [0.5, 0.6) is 0 Å². The summed E-state index contributed by atoms with van der Waals surface area (Å²) in [6.07, 6.45) is 1.87. The van der Waals surface area contributed by atoms with Gasteiger partial charge in [0.2, 0.25) is 0 Å². The summed E-state index contributed by atoms with van der Waals surface area (Å²) in [4.78, 5) is 20.3. The number of aromatic nitrogens is 5. The van der Waals surface area contributed by atoms with E-state index in [2.05, 4.69) is 140 Å². The summed E-state index contributed by atoms with van der Waals surface area (Å²) in [7, 11) is 0. The van der Waals surface area contributed by atoms with Crippen molar-refractivity contribution < 1.29 is 0 Å². The fraction of sp³-hybridized carbons (Fsp3) is 0.0638. The second-order valence-electron chi connectivity index (χ2n) is 14.3. The molecule has 5 nitrogen and oxygen atoms in total. The number of hydrogen-bond donors (Lipinski definition) is 0. The predicted molar refractivity (Wildman–Crippen MR) is 219 cm³/mol. The molecule has 0 saturated heterocycles. The Morgan fingerprint density at radius 2 is 1.23 bits per heavy atom. The molecule has 0 atom stereocenters. The molecule has 0 spiro atoms. The summed E-state index contributed by atoms with van der Waals surface area (Å²) in [5, 5.41) is 4.75. The van der Waals surface area contributed by atoms with Crippen LogP contribution in [-0.4, -0.2) is 24.5 Å². The Morgan fingerprint density at radius 1 is 0.509 bits per heavy atom. The van der Waals surface area contributed by atoms with Gasteiger partial charge in [0.1, 0.15) is 5.65 Å². The van der Waals surface area contributed by atoms with Crippen molar-refractivity contribution in [2.24, 2.45) is 0 Å². The lowest BCUT2D eigenvalue weighted by Gasteiger charge is -2.21. The van der Waals surface area contributed by atoms with E-state index in [1.54, 1.807) is 11.3 Å². The van der Waals surface area contributed by atoms with Crippen LogP contribution >= 0.6 is 11.3 Å². The average Bonchev–Trinajstić information content (AvgIpc) is 3.83. The second-order valence-corrected chi connectivity index (χ2v) is 15.3. The van der Waals surface area contributed by atoms with Crippen molar-refractivity contribution in [2.45, 2.75) is 19.3 Å². The number of fused-ring (bicyclic) bond motifs is 9. The number of pyridine rings is 1. The van der Waals surface area contributed by atoms with E-state index in [0.717, 1.165) is 43.6 Å². The number of hydrogen-bond acceptors (Lipinski definition) is 5. The highest BCUT2D eigenvalue weighted by atomic mass is 32.1. The maximum atomic E-state index is 5.24. The molecule has 10 aromatic rings. The van der Waals surface area contributed by atoms with Gasteiger partial charge >= 0.3 is 0 Å². The van der Waals surface area contributed by atoms with Gasteiger partial charge in [0.05, 0.1) is 5.52 Å². The van der Waals surface area contributed by atoms with Crippen molar-refractivity contribution in [3.8, 4) is 51.0 Å². The zero-order valence-corrected chi connectivity index (χ0v) is 29.9. The maximum Gasteiger partial charge on any atom is 0.165 e. The molecule has 53 heavy (non-hydrogen) atoms. The zero-order valence-electron chi connectivity index (χ0n) is 29.1. The van der Waals surface area contributed by atoms with E-state index in [4.69, 9.17) is 19.9 Å². The smallest absolute Gasteiger partial charge is 0.165 e. The minimum Gasteiger partial charge on any atom is -0.294 e. The minimum absolute atomic E-state index is 0.0708. The Hall–Kier alpha value is -6.50. The van der Waals surface area contributed by atoms with Crippen LogP contribution in [0, 0.1) is 0 Å². The lowest BCUT2D eigenvalue weighted by Crippen LogP contribution is -2.14. The predicted octanol–water partition coefficient (Wildman–Crippen LogP) is 12.0. The molecule has 0 aliphatic heterocycles. The molecule has 1 aliphatic carbocycles. The van der Waals surface area contributed by atoms with Gasteiger partial charge in [0.15, 0.2) is 17.5 Å². The standard InChI is InChI=1S/C47H31N5S/c1-47(2)38-19-8-6-14-31(38)37-26-29(21-24-39(37)47)44-49-43(28-12-4-3-5-13-28)50-45(51-44)36-17-10-16-34-33-23-22-30(27-41(33)53-42(34)36)52-40-20-9-7-15-32(40)35-18-11-25-48-46(35)52/h3-27H,1-2H3. The molecule has 0 amide bonds. The van der Waals surface area contributed by atoms with E-state index < -0.39 is 0 Å². The van der Waals surface area contributed by atoms with Gasteiger partial charge in [-0.1, -0.05) is 117 Å². The van der Waals surface area contributed by atoms with Gasteiger partial charge in [-0.25, -0.2) is 19.9 Å². The average molecular weight is 698 g/mol. The fourth-order valence-corrected chi connectivity index (χ4v) is 9.61. The quantitative estimate of drug-likeness (QED) is 0.184. The van der Waals surface area contributed by atoms with Gasteiger partial charge in [-0.05, 0) is 64.7 Å². The van der Waals surface area contributed by atoms with Crippen molar-refractivity contribution in [1.29, 1.82) is 0 Å². The van der Waals surface area contributed by atoms with Crippen molar-refractivity contribution in [3.05, 3.63) is 163 Å². The first-order valence-corrected chi connectivity index (χ1v) is 18.7. The van der Waals surface area contributed by atoms with Crippen LogP contribution in [0.15, 0.2) is 152 Å². The molecular weight excluding hydrogens is 667 g/mol. The van der Waals surface area contributed by atoms with Gasteiger partial charge in [0.25, 0.3) is 0 Å². The van der Waals surface area contributed by atoms with E-state index >= 15 is 0 Å². The molecule has 0 N–H and O–H groups in total. The van der Waals surface area contributed by atoms with Crippen LogP contribution in [0.1, 0.15) is 25.0 Å². The topological polar surface area (TPSA) is 56.5 Å². The molecule has 0 unspecified atom stereocenters. The van der Waals surface area contributed by atoms with Gasteiger partial charge < -0.3 is 0 Å². The van der Waals surface area contributed by atoms with E-state index in [-0.39, 0.29) is 5.41 Å². The molecule has 0 bridgehead atoms. The first-order chi connectivity index (χ1) is 26.0. The number of nitrogens with zero attached hydrogens (tertiary/aromatic N) is 5. The van der Waals surface area contributed by atoms with E-state index in [1.165, 1.54) is 43.1 Å². The molecular formula is C47H31N5S. The summed E-state index contributed by atoms with van der Waals surface area (Å²) < 4.78 is 4.63. The highest BCUT2D eigenvalue weighted by Gasteiger charge is 2.35. The van der Waals surface area contributed by atoms with E-state index in [0.29, 0.717) is 17.5 Å². The van der Waals surface area contributed by atoms with E-state index in [9.17, 15) is 0 Å². The number of thiophene rings is 1. The summed E-state index contributed by atoms with van der Waals surface area (Å²) in [5.41, 5.74) is 11.2. The first kappa shape index (κ1) is 30.2. The van der Waals surface area contributed by atoms with Crippen molar-refractivity contribution in [1.82, 2.24) is 24.5 Å². The molecule has 11 rings (SSSR count). The van der Waals surface area contributed by atoms with Gasteiger partial charge in [-0.3, -0.25) is 4.57 Å². The monoisotopic (exact) mass is 697 g/mol. The van der Waals surface area contributed by atoms with Crippen LogP contribution in [0.2, 0.25) is 0 Å². The van der Waals surface area contributed by atoms with Gasteiger partial charge in [-0.15, -0.1) is 11.3 Å².